The molecule has 0 bridgehead atoms. The summed E-state index contributed by atoms with van der Waals surface area (Å²) >= 11 is 0. The first kappa shape index (κ1) is 16.3. The van der Waals surface area contributed by atoms with Gasteiger partial charge in [0, 0.05) is 18.5 Å². The lowest BCUT2D eigenvalue weighted by Gasteiger charge is -2.20. The van der Waals surface area contributed by atoms with Crippen LogP contribution in [-0.2, 0) is 0 Å². The van der Waals surface area contributed by atoms with Crippen molar-refractivity contribution in [3.63, 3.8) is 0 Å². The number of hydrogen-bond acceptors (Lipinski definition) is 3. The molecule has 1 heterocycles. The first-order chi connectivity index (χ1) is 11.5. The minimum Gasteiger partial charge on any atom is -0.485 e. The van der Waals surface area contributed by atoms with Crippen molar-refractivity contribution in [1.29, 1.82) is 0 Å². The Balaban J connectivity index is 1.71. The highest BCUT2D eigenvalue weighted by atomic mass is 19.1. The van der Waals surface area contributed by atoms with Crippen LogP contribution < -0.4 is 10.5 Å². The lowest BCUT2D eigenvalue weighted by atomic mass is 10.0. The summed E-state index contributed by atoms with van der Waals surface area (Å²) in [5.41, 5.74) is 8.30. The molecule has 2 N–H and O–H groups in total. The van der Waals surface area contributed by atoms with Crippen LogP contribution in [0.1, 0.15) is 27.9 Å². The van der Waals surface area contributed by atoms with Gasteiger partial charge in [0.25, 0.3) is 5.91 Å². The Bertz CT molecular complexity index is 756. The summed E-state index contributed by atoms with van der Waals surface area (Å²) in [7, 11) is 0. The number of rotatable bonds is 3. The van der Waals surface area contributed by atoms with E-state index in [2.05, 4.69) is 0 Å². The molecule has 2 aromatic carbocycles. The molecular weight excluding hydrogens is 307 g/mol. The predicted molar refractivity (Wildman–Crippen MR) is 91.7 cm³/mol. The molecule has 0 unspecified atom stereocenters. The van der Waals surface area contributed by atoms with Crippen LogP contribution >= 0.6 is 0 Å². The third-order valence-corrected chi connectivity index (χ3v) is 4.41. The highest BCUT2D eigenvalue weighted by molar-refractivity contribution is 5.97. The van der Waals surface area contributed by atoms with Crippen molar-refractivity contribution in [2.24, 2.45) is 0 Å². The zero-order chi connectivity index (χ0) is 17.3. The van der Waals surface area contributed by atoms with Crippen LogP contribution in [0.4, 0.5) is 10.1 Å². The number of anilines is 1. The van der Waals surface area contributed by atoms with Gasteiger partial charge in [-0.2, -0.15) is 0 Å². The van der Waals surface area contributed by atoms with Gasteiger partial charge in [-0.25, -0.2) is 4.39 Å². The molecule has 4 nitrogen and oxygen atoms in total. The zero-order valence-corrected chi connectivity index (χ0v) is 13.9. The number of hydrogen-bond donors (Lipinski definition) is 1. The number of aryl methyl sites for hydroxylation is 2. The minimum atomic E-state index is -0.544. The summed E-state index contributed by atoms with van der Waals surface area (Å²) < 4.78 is 19.7. The molecular formula is C19H21FN2O2. The standard InChI is InChI=1S/C19H21FN2O2/c1-12-5-3-6-13(2)17(12)19(23)22-10-9-14(11-22)24-16-8-4-7-15(21)18(16)20/h3-8,14H,9-11,21H2,1-2H3/t14-/m0/s1. The van der Waals surface area contributed by atoms with Crippen molar-refractivity contribution in [3.05, 3.63) is 58.9 Å². The molecule has 1 amide bonds. The molecule has 1 atom stereocenters. The van der Waals surface area contributed by atoms with Crippen molar-refractivity contribution in [2.75, 3.05) is 18.8 Å². The van der Waals surface area contributed by atoms with Gasteiger partial charge in [-0.1, -0.05) is 24.3 Å². The van der Waals surface area contributed by atoms with Crippen molar-refractivity contribution in [3.8, 4) is 5.75 Å². The minimum absolute atomic E-state index is 0.00440. The largest absolute Gasteiger partial charge is 0.485 e. The van der Waals surface area contributed by atoms with Crippen LogP contribution in [0.3, 0.4) is 0 Å². The Kier molecular flexibility index (Phi) is 4.42. The molecule has 0 aromatic heterocycles. The average Bonchev–Trinajstić information content (AvgIpc) is 3.00. The van der Waals surface area contributed by atoms with E-state index < -0.39 is 5.82 Å². The van der Waals surface area contributed by atoms with E-state index in [1.165, 1.54) is 6.07 Å². The lowest BCUT2D eigenvalue weighted by molar-refractivity contribution is 0.0770. The second-order valence-corrected chi connectivity index (χ2v) is 6.21. The summed E-state index contributed by atoms with van der Waals surface area (Å²) in [4.78, 5) is 14.6. The van der Waals surface area contributed by atoms with Crippen molar-refractivity contribution in [2.45, 2.75) is 26.4 Å². The van der Waals surface area contributed by atoms with E-state index in [1.54, 1.807) is 17.0 Å². The van der Waals surface area contributed by atoms with Crippen molar-refractivity contribution >= 4 is 11.6 Å². The molecule has 0 aliphatic carbocycles. The highest BCUT2D eigenvalue weighted by Crippen LogP contribution is 2.26. The number of halogens is 1. The Hall–Kier alpha value is -2.56. The molecule has 24 heavy (non-hydrogen) atoms. The number of amides is 1. The van der Waals surface area contributed by atoms with E-state index in [-0.39, 0.29) is 23.4 Å². The molecule has 0 spiro atoms. The Labute approximate surface area is 141 Å². The normalized spacial score (nSPS) is 17.1. The van der Waals surface area contributed by atoms with Crippen molar-refractivity contribution < 1.29 is 13.9 Å². The maximum atomic E-state index is 14.0. The van der Waals surface area contributed by atoms with E-state index in [4.69, 9.17) is 10.5 Å². The van der Waals surface area contributed by atoms with Gasteiger partial charge in [0.2, 0.25) is 0 Å². The second kappa shape index (κ2) is 6.51. The maximum absolute atomic E-state index is 14.0. The molecule has 1 aliphatic rings. The Morgan fingerprint density at radius 2 is 1.88 bits per heavy atom. The van der Waals surface area contributed by atoms with Crippen molar-refractivity contribution in [1.82, 2.24) is 4.90 Å². The maximum Gasteiger partial charge on any atom is 0.254 e. The first-order valence-corrected chi connectivity index (χ1v) is 8.03. The molecule has 1 fully saturated rings. The van der Waals surface area contributed by atoms with Crippen LogP contribution in [0.2, 0.25) is 0 Å². The third kappa shape index (κ3) is 3.07. The molecule has 5 heteroatoms. The smallest absolute Gasteiger partial charge is 0.254 e. The number of likely N-dealkylation sites (tertiary alicyclic amines) is 1. The summed E-state index contributed by atoms with van der Waals surface area (Å²) in [6.45, 7) is 4.92. The monoisotopic (exact) mass is 328 g/mol. The molecule has 1 aliphatic heterocycles. The molecule has 2 aromatic rings. The third-order valence-electron chi connectivity index (χ3n) is 4.41. The SMILES string of the molecule is Cc1cccc(C)c1C(=O)N1CC[C@H](Oc2cccc(N)c2F)C1. The number of nitrogens with two attached hydrogens (primary N) is 1. The van der Waals surface area contributed by atoms with Crippen LogP contribution in [0, 0.1) is 19.7 Å². The topological polar surface area (TPSA) is 55.6 Å². The summed E-state index contributed by atoms with van der Waals surface area (Å²) in [5.74, 6) is -0.400. The molecule has 0 radical (unpaired) electrons. The summed E-state index contributed by atoms with van der Waals surface area (Å²) in [5, 5.41) is 0. The van der Waals surface area contributed by atoms with E-state index >= 15 is 0 Å². The Morgan fingerprint density at radius 3 is 2.58 bits per heavy atom. The molecule has 126 valence electrons. The highest BCUT2D eigenvalue weighted by Gasteiger charge is 2.30. The number of carbonyl (C=O) groups is 1. The van der Waals surface area contributed by atoms with Crippen LogP contribution in [0.25, 0.3) is 0 Å². The zero-order valence-electron chi connectivity index (χ0n) is 13.9. The number of nitrogens with zero attached hydrogens (tertiary/aromatic N) is 1. The average molecular weight is 328 g/mol. The fourth-order valence-corrected chi connectivity index (χ4v) is 3.12. The van der Waals surface area contributed by atoms with E-state index in [0.29, 0.717) is 19.5 Å². The Morgan fingerprint density at radius 1 is 1.21 bits per heavy atom. The number of nitrogen functional groups attached to an aromatic ring is 1. The van der Waals surface area contributed by atoms with E-state index in [9.17, 15) is 9.18 Å². The van der Waals surface area contributed by atoms with Gasteiger partial charge in [-0.3, -0.25) is 4.79 Å². The van der Waals surface area contributed by atoms with Crippen LogP contribution in [-0.4, -0.2) is 30.0 Å². The van der Waals surface area contributed by atoms with Gasteiger partial charge in [-0.05, 0) is 37.1 Å². The quantitative estimate of drug-likeness (QED) is 0.880. The molecule has 0 saturated carbocycles. The summed E-state index contributed by atoms with van der Waals surface area (Å²) in [6.07, 6.45) is 0.444. The van der Waals surface area contributed by atoms with E-state index in [1.807, 2.05) is 32.0 Å². The van der Waals surface area contributed by atoms with Gasteiger partial charge >= 0.3 is 0 Å². The predicted octanol–water partition coefficient (Wildman–Crippen LogP) is 3.32. The van der Waals surface area contributed by atoms with Crippen LogP contribution in [0.15, 0.2) is 36.4 Å². The van der Waals surface area contributed by atoms with E-state index in [0.717, 1.165) is 16.7 Å². The summed E-state index contributed by atoms with van der Waals surface area (Å²) in [6, 6.07) is 10.5. The fraction of sp³-hybridized carbons (Fsp3) is 0.316. The van der Waals surface area contributed by atoms with Gasteiger partial charge < -0.3 is 15.4 Å². The fourth-order valence-electron chi connectivity index (χ4n) is 3.12. The van der Waals surface area contributed by atoms with Gasteiger partial charge in [0.1, 0.15) is 6.10 Å². The number of ether oxygens (including phenoxy) is 1. The number of benzene rings is 2. The molecule has 1 saturated heterocycles. The lowest BCUT2D eigenvalue weighted by Crippen LogP contribution is -2.32. The van der Waals surface area contributed by atoms with Gasteiger partial charge in [0.15, 0.2) is 11.6 Å². The van der Waals surface area contributed by atoms with Gasteiger partial charge in [-0.15, -0.1) is 0 Å². The van der Waals surface area contributed by atoms with Crippen LogP contribution in [0.5, 0.6) is 5.75 Å². The van der Waals surface area contributed by atoms with Gasteiger partial charge in [0.05, 0.1) is 12.2 Å². The number of carbonyl (C=O) groups excluding carboxylic acids is 1. The molecule has 3 rings (SSSR count). The first-order valence-electron chi connectivity index (χ1n) is 8.03. The second-order valence-electron chi connectivity index (χ2n) is 6.21.